The molecule has 5 nitrogen and oxygen atoms in total. The number of nitrogens with one attached hydrogen (secondary N) is 1. The van der Waals surface area contributed by atoms with Crippen molar-refractivity contribution in [1.82, 2.24) is 20.1 Å². The molecular weight excluding hydrogens is 367 g/mol. The van der Waals surface area contributed by atoms with Gasteiger partial charge in [0, 0.05) is 12.1 Å². The van der Waals surface area contributed by atoms with Crippen LogP contribution in [0, 0.1) is 5.82 Å². The lowest BCUT2D eigenvalue weighted by molar-refractivity contribution is 0.0944. The first-order valence-electron chi connectivity index (χ1n) is 9.31. The molecule has 0 atom stereocenters. The highest BCUT2D eigenvalue weighted by molar-refractivity contribution is 5.91. The number of hydrogen-bond acceptors (Lipinski definition) is 3. The summed E-state index contributed by atoms with van der Waals surface area (Å²) in [6.07, 6.45) is 0.522. The molecule has 144 valence electrons. The molecule has 0 fully saturated rings. The Morgan fingerprint density at radius 1 is 0.931 bits per heavy atom. The van der Waals surface area contributed by atoms with Crippen molar-refractivity contribution in [3.8, 4) is 17.1 Å². The molecule has 0 aliphatic rings. The first-order valence-corrected chi connectivity index (χ1v) is 9.31. The molecule has 3 aromatic carbocycles. The van der Waals surface area contributed by atoms with E-state index in [4.69, 9.17) is 0 Å². The minimum Gasteiger partial charge on any atom is -0.349 e. The SMILES string of the molecule is O=C(NCCc1cccc(F)c1)c1nc(-c2ccccc2)n(-c2ccccc2)n1. The van der Waals surface area contributed by atoms with Gasteiger partial charge in [0.15, 0.2) is 5.82 Å². The van der Waals surface area contributed by atoms with Gasteiger partial charge in [0.25, 0.3) is 5.91 Å². The second-order valence-electron chi connectivity index (χ2n) is 6.51. The van der Waals surface area contributed by atoms with E-state index in [2.05, 4.69) is 15.4 Å². The quantitative estimate of drug-likeness (QED) is 0.544. The molecule has 0 bridgehead atoms. The molecular formula is C23H19FN4O. The molecule has 0 spiro atoms. The maximum absolute atomic E-state index is 13.3. The van der Waals surface area contributed by atoms with Gasteiger partial charge in [0.2, 0.25) is 5.82 Å². The summed E-state index contributed by atoms with van der Waals surface area (Å²) in [5.41, 5.74) is 2.50. The molecule has 0 aliphatic carbocycles. The Kier molecular flexibility index (Phi) is 5.42. The van der Waals surface area contributed by atoms with Gasteiger partial charge >= 0.3 is 0 Å². The zero-order valence-corrected chi connectivity index (χ0v) is 15.6. The fraction of sp³-hybridized carbons (Fsp3) is 0.0870. The highest BCUT2D eigenvalue weighted by Gasteiger charge is 2.18. The second-order valence-corrected chi connectivity index (χ2v) is 6.51. The van der Waals surface area contributed by atoms with E-state index in [9.17, 15) is 9.18 Å². The van der Waals surface area contributed by atoms with Crippen molar-refractivity contribution in [2.45, 2.75) is 6.42 Å². The van der Waals surface area contributed by atoms with Gasteiger partial charge in [0.1, 0.15) is 5.82 Å². The van der Waals surface area contributed by atoms with E-state index in [0.717, 1.165) is 16.8 Å². The van der Waals surface area contributed by atoms with Crippen LogP contribution >= 0.6 is 0 Å². The normalized spacial score (nSPS) is 10.7. The summed E-state index contributed by atoms with van der Waals surface area (Å²) in [5, 5.41) is 7.24. The molecule has 0 aliphatic heterocycles. The molecule has 1 N–H and O–H groups in total. The summed E-state index contributed by atoms with van der Waals surface area (Å²) >= 11 is 0. The number of halogens is 1. The topological polar surface area (TPSA) is 59.8 Å². The van der Waals surface area contributed by atoms with Crippen LogP contribution in [0.3, 0.4) is 0 Å². The number of nitrogens with zero attached hydrogens (tertiary/aromatic N) is 3. The van der Waals surface area contributed by atoms with Gasteiger partial charge in [0.05, 0.1) is 5.69 Å². The Hall–Kier alpha value is -3.80. The third-order valence-corrected chi connectivity index (χ3v) is 4.43. The van der Waals surface area contributed by atoms with Gasteiger partial charge in [-0.3, -0.25) is 4.79 Å². The molecule has 0 saturated carbocycles. The monoisotopic (exact) mass is 386 g/mol. The molecule has 29 heavy (non-hydrogen) atoms. The van der Waals surface area contributed by atoms with E-state index in [1.807, 2.05) is 66.7 Å². The van der Waals surface area contributed by atoms with Crippen molar-refractivity contribution >= 4 is 5.91 Å². The van der Waals surface area contributed by atoms with Crippen LogP contribution in [0.5, 0.6) is 0 Å². The minimum absolute atomic E-state index is 0.0898. The smallest absolute Gasteiger partial charge is 0.291 e. The van der Waals surface area contributed by atoms with Crippen LogP contribution in [0.25, 0.3) is 17.1 Å². The standard InChI is InChI=1S/C23H19FN4O/c24-19-11-7-8-17(16-19)14-15-25-23(29)21-26-22(18-9-3-1-4-10-18)28(27-21)20-12-5-2-6-13-20/h1-13,16H,14-15H2,(H,25,29). The van der Waals surface area contributed by atoms with Crippen molar-refractivity contribution in [2.24, 2.45) is 0 Å². The molecule has 0 radical (unpaired) electrons. The molecule has 1 heterocycles. The largest absolute Gasteiger partial charge is 0.349 e. The van der Waals surface area contributed by atoms with Crippen molar-refractivity contribution in [1.29, 1.82) is 0 Å². The molecule has 0 saturated heterocycles. The summed E-state index contributed by atoms with van der Waals surface area (Å²) in [4.78, 5) is 17.1. The Balaban J connectivity index is 1.56. The van der Waals surface area contributed by atoms with Crippen LogP contribution in [-0.4, -0.2) is 27.2 Å². The lowest BCUT2D eigenvalue weighted by Gasteiger charge is -2.05. The van der Waals surface area contributed by atoms with Crippen molar-refractivity contribution < 1.29 is 9.18 Å². The van der Waals surface area contributed by atoms with E-state index in [0.29, 0.717) is 18.8 Å². The summed E-state index contributed by atoms with van der Waals surface area (Å²) in [5.74, 6) is 0.0249. The molecule has 4 rings (SSSR count). The highest BCUT2D eigenvalue weighted by Crippen LogP contribution is 2.20. The number of amides is 1. The lowest BCUT2D eigenvalue weighted by Crippen LogP contribution is -2.27. The molecule has 1 aromatic heterocycles. The number of para-hydroxylation sites is 1. The van der Waals surface area contributed by atoms with Gasteiger partial charge in [-0.25, -0.2) is 14.1 Å². The van der Waals surface area contributed by atoms with E-state index >= 15 is 0 Å². The first-order chi connectivity index (χ1) is 14.2. The number of aromatic nitrogens is 3. The fourth-order valence-electron chi connectivity index (χ4n) is 3.02. The zero-order chi connectivity index (χ0) is 20.1. The van der Waals surface area contributed by atoms with Crippen LogP contribution in [0.15, 0.2) is 84.9 Å². The fourth-order valence-corrected chi connectivity index (χ4v) is 3.02. The molecule has 0 unspecified atom stereocenters. The third kappa shape index (κ3) is 4.38. The van der Waals surface area contributed by atoms with Crippen molar-refractivity contribution in [3.05, 3.63) is 102 Å². The van der Waals surface area contributed by atoms with Gasteiger partial charge < -0.3 is 5.32 Å². The van der Waals surface area contributed by atoms with E-state index in [1.54, 1.807) is 10.7 Å². The van der Waals surface area contributed by atoms with Gasteiger partial charge in [-0.2, -0.15) is 0 Å². The third-order valence-electron chi connectivity index (χ3n) is 4.43. The Bertz CT molecular complexity index is 1050. The second kappa shape index (κ2) is 8.48. The maximum atomic E-state index is 13.3. The average Bonchev–Trinajstić information content (AvgIpc) is 3.21. The number of benzene rings is 3. The number of rotatable bonds is 6. The minimum atomic E-state index is -0.367. The molecule has 1 amide bonds. The Morgan fingerprint density at radius 2 is 1.66 bits per heavy atom. The van der Waals surface area contributed by atoms with Crippen molar-refractivity contribution in [2.75, 3.05) is 6.54 Å². The number of carbonyl (C=O) groups excluding carboxylic acids is 1. The lowest BCUT2D eigenvalue weighted by atomic mass is 10.1. The van der Waals surface area contributed by atoms with Crippen LogP contribution < -0.4 is 5.32 Å². The van der Waals surface area contributed by atoms with E-state index < -0.39 is 0 Å². The van der Waals surface area contributed by atoms with E-state index in [-0.39, 0.29) is 17.5 Å². The predicted octanol–water partition coefficient (Wildman–Crippen LogP) is 4.05. The highest BCUT2D eigenvalue weighted by atomic mass is 19.1. The number of hydrogen-bond donors (Lipinski definition) is 1. The van der Waals surface area contributed by atoms with Gasteiger partial charge in [-0.05, 0) is 36.2 Å². The van der Waals surface area contributed by atoms with Crippen LogP contribution in [-0.2, 0) is 6.42 Å². The van der Waals surface area contributed by atoms with E-state index in [1.165, 1.54) is 12.1 Å². The molecule has 4 aromatic rings. The molecule has 6 heteroatoms. The zero-order valence-electron chi connectivity index (χ0n) is 15.6. The predicted molar refractivity (Wildman–Crippen MR) is 109 cm³/mol. The Labute approximate surface area is 167 Å². The summed E-state index contributed by atoms with van der Waals surface area (Å²) < 4.78 is 14.9. The van der Waals surface area contributed by atoms with Crippen molar-refractivity contribution in [3.63, 3.8) is 0 Å². The summed E-state index contributed by atoms with van der Waals surface area (Å²) in [6.45, 7) is 0.364. The Morgan fingerprint density at radius 3 is 2.38 bits per heavy atom. The van der Waals surface area contributed by atoms with Crippen LogP contribution in [0.4, 0.5) is 4.39 Å². The maximum Gasteiger partial charge on any atom is 0.291 e. The van der Waals surface area contributed by atoms with Crippen LogP contribution in [0.1, 0.15) is 16.2 Å². The first kappa shape index (κ1) is 18.6. The van der Waals surface area contributed by atoms with Gasteiger partial charge in [-0.15, -0.1) is 5.10 Å². The number of carbonyl (C=O) groups is 1. The summed E-state index contributed by atoms with van der Waals surface area (Å²) in [6, 6.07) is 25.5. The average molecular weight is 386 g/mol. The summed E-state index contributed by atoms with van der Waals surface area (Å²) in [7, 11) is 0. The van der Waals surface area contributed by atoms with Gasteiger partial charge in [-0.1, -0.05) is 60.7 Å². The van der Waals surface area contributed by atoms with Crippen LogP contribution in [0.2, 0.25) is 0 Å².